The zero-order valence-corrected chi connectivity index (χ0v) is 8.93. The molecular weight excluding hydrogens is 259 g/mol. The van der Waals surface area contributed by atoms with Gasteiger partial charge in [-0.3, -0.25) is 9.59 Å². The maximum absolute atomic E-state index is 12.1. The van der Waals surface area contributed by atoms with Crippen molar-refractivity contribution >= 4 is 23.0 Å². The summed E-state index contributed by atoms with van der Waals surface area (Å²) in [6.45, 7) is 0. The number of alkyl halides is 3. The third-order valence-corrected chi connectivity index (χ3v) is 3.33. The van der Waals surface area contributed by atoms with Crippen molar-refractivity contribution in [1.82, 2.24) is 5.32 Å². The molecule has 0 unspecified atom stereocenters. The molecular formula is C9H6F3NO3S. The Morgan fingerprint density at radius 3 is 2.71 bits per heavy atom. The molecule has 8 heteroatoms. The van der Waals surface area contributed by atoms with Gasteiger partial charge in [-0.2, -0.15) is 13.2 Å². The van der Waals surface area contributed by atoms with Crippen molar-refractivity contribution in [2.75, 3.05) is 0 Å². The monoisotopic (exact) mass is 265 g/mol. The van der Waals surface area contributed by atoms with Gasteiger partial charge in [0.15, 0.2) is 0 Å². The Bertz CT molecular complexity index is 482. The Kier molecular flexibility index (Phi) is 2.70. The number of Topliss-reactive ketones (excluding diaryl/α,β-unsaturated/α-hetero) is 1. The van der Waals surface area contributed by atoms with Crippen molar-refractivity contribution in [2.24, 2.45) is 0 Å². The number of amides is 1. The number of aliphatic hydroxyl groups is 1. The predicted octanol–water partition coefficient (Wildman–Crippen LogP) is 1.02. The van der Waals surface area contributed by atoms with Gasteiger partial charge in [-0.15, -0.1) is 11.3 Å². The Morgan fingerprint density at radius 2 is 2.12 bits per heavy atom. The standard InChI is InChI=1S/C9H6F3NO3S/c10-9(11,12)8(16)13-4-3-1-2-17-7(3)6(15)5(4)14/h1-2,4-5,14H,(H,13,16)/t4-,5+/m0/s1. The van der Waals surface area contributed by atoms with Crippen LogP contribution in [0.15, 0.2) is 11.4 Å². The second kappa shape index (κ2) is 3.81. The normalized spacial score (nSPS) is 23.6. The number of carbonyl (C=O) groups is 2. The maximum Gasteiger partial charge on any atom is 0.471 e. The van der Waals surface area contributed by atoms with Gasteiger partial charge in [0, 0.05) is 0 Å². The molecule has 0 aromatic carbocycles. The van der Waals surface area contributed by atoms with Crippen LogP contribution in [-0.2, 0) is 4.79 Å². The van der Waals surface area contributed by atoms with Crippen molar-refractivity contribution in [3.63, 3.8) is 0 Å². The lowest BCUT2D eigenvalue weighted by Gasteiger charge is -2.17. The molecule has 0 saturated carbocycles. The molecule has 0 bridgehead atoms. The summed E-state index contributed by atoms with van der Waals surface area (Å²) in [6.07, 6.45) is -6.69. The minimum absolute atomic E-state index is 0.185. The number of aliphatic hydroxyl groups excluding tert-OH is 1. The zero-order chi connectivity index (χ0) is 12.8. The summed E-state index contributed by atoms with van der Waals surface area (Å²) in [7, 11) is 0. The van der Waals surface area contributed by atoms with Crippen molar-refractivity contribution in [2.45, 2.75) is 18.3 Å². The van der Waals surface area contributed by atoms with E-state index in [4.69, 9.17) is 0 Å². The van der Waals surface area contributed by atoms with Crippen LogP contribution in [0.25, 0.3) is 0 Å². The fourth-order valence-corrected chi connectivity index (χ4v) is 2.52. The Morgan fingerprint density at radius 1 is 1.47 bits per heavy atom. The van der Waals surface area contributed by atoms with E-state index in [0.717, 1.165) is 11.3 Å². The van der Waals surface area contributed by atoms with Gasteiger partial charge in [0.1, 0.15) is 6.10 Å². The first kappa shape index (κ1) is 12.1. The Labute approximate surface area is 97.1 Å². The molecule has 1 aliphatic rings. The topological polar surface area (TPSA) is 66.4 Å². The number of hydrogen-bond donors (Lipinski definition) is 2. The number of carbonyl (C=O) groups excluding carboxylic acids is 2. The average molecular weight is 265 g/mol. The van der Waals surface area contributed by atoms with Crippen LogP contribution < -0.4 is 5.32 Å². The molecule has 4 nitrogen and oxygen atoms in total. The number of thiophene rings is 1. The van der Waals surface area contributed by atoms with Crippen molar-refractivity contribution < 1.29 is 27.9 Å². The molecule has 0 fully saturated rings. The highest BCUT2D eigenvalue weighted by atomic mass is 32.1. The van der Waals surface area contributed by atoms with Crippen molar-refractivity contribution in [3.05, 3.63) is 21.9 Å². The minimum Gasteiger partial charge on any atom is -0.382 e. The highest BCUT2D eigenvalue weighted by Crippen LogP contribution is 2.35. The highest BCUT2D eigenvalue weighted by molar-refractivity contribution is 7.12. The largest absolute Gasteiger partial charge is 0.471 e. The lowest BCUT2D eigenvalue weighted by Crippen LogP contribution is -2.42. The predicted molar refractivity (Wildman–Crippen MR) is 51.6 cm³/mol. The van der Waals surface area contributed by atoms with E-state index in [1.165, 1.54) is 11.4 Å². The third kappa shape index (κ3) is 1.93. The summed E-state index contributed by atoms with van der Waals surface area (Å²) in [5.41, 5.74) is 0.227. The number of nitrogens with one attached hydrogen (secondary N) is 1. The van der Waals surface area contributed by atoms with Crippen LogP contribution in [0.3, 0.4) is 0 Å². The maximum atomic E-state index is 12.1. The number of ketones is 1. The molecule has 0 aliphatic heterocycles. The molecule has 1 aliphatic carbocycles. The Hall–Kier alpha value is -1.41. The molecule has 1 heterocycles. The van der Waals surface area contributed by atoms with E-state index < -0.39 is 30.0 Å². The van der Waals surface area contributed by atoms with E-state index in [9.17, 15) is 27.9 Å². The van der Waals surface area contributed by atoms with E-state index in [0.29, 0.717) is 0 Å². The SMILES string of the molecule is O=C1c2sccc2[C@H](NC(=O)C(F)(F)F)[C@H]1O. The molecule has 1 aromatic rings. The molecule has 2 rings (SSSR count). The third-order valence-electron chi connectivity index (χ3n) is 2.38. The molecule has 1 aromatic heterocycles. The molecule has 1 amide bonds. The Balaban J connectivity index is 2.24. The summed E-state index contributed by atoms with van der Waals surface area (Å²) >= 11 is 1.02. The lowest BCUT2D eigenvalue weighted by atomic mass is 10.1. The molecule has 0 radical (unpaired) electrons. The van der Waals surface area contributed by atoms with Gasteiger partial charge in [0.2, 0.25) is 5.78 Å². The summed E-state index contributed by atoms with van der Waals surface area (Å²) in [6, 6.07) is 0.0907. The van der Waals surface area contributed by atoms with E-state index in [2.05, 4.69) is 0 Å². The van der Waals surface area contributed by atoms with Gasteiger partial charge in [-0.1, -0.05) is 0 Å². The molecule has 92 valence electrons. The lowest BCUT2D eigenvalue weighted by molar-refractivity contribution is -0.174. The van der Waals surface area contributed by atoms with Crippen LogP contribution in [0.5, 0.6) is 0 Å². The first-order valence-corrected chi connectivity index (χ1v) is 5.37. The van der Waals surface area contributed by atoms with Crippen molar-refractivity contribution in [1.29, 1.82) is 0 Å². The van der Waals surface area contributed by atoms with E-state index in [1.54, 1.807) is 5.32 Å². The van der Waals surface area contributed by atoms with Crippen molar-refractivity contribution in [3.8, 4) is 0 Å². The van der Waals surface area contributed by atoms with Crippen LogP contribution in [0.2, 0.25) is 0 Å². The molecule has 0 saturated heterocycles. The smallest absolute Gasteiger partial charge is 0.382 e. The van der Waals surface area contributed by atoms with Gasteiger partial charge in [-0.25, -0.2) is 0 Å². The van der Waals surface area contributed by atoms with E-state index in [-0.39, 0.29) is 10.4 Å². The van der Waals surface area contributed by atoms with Crippen LogP contribution in [0.4, 0.5) is 13.2 Å². The van der Waals surface area contributed by atoms with E-state index in [1.807, 2.05) is 0 Å². The highest BCUT2D eigenvalue weighted by Gasteiger charge is 2.46. The van der Waals surface area contributed by atoms with E-state index >= 15 is 0 Å². The number of fused-ring (bicyclic) bond motifs is 1. The molecule has 2 atom stereocenters. The summed E-state index contributed by atoms with van der Waals surface area (Å²) in [5, 5.41) is 12.6. The van der Waals surface area contributed by atoms with Crippen LogP contribution in [0.1, 0.15) is 21.3 Å². The fraction of sp³-hybridized carbons (Fsp3) is 0.333. The fourth-order valence-electron chi connectivity index (χ4n) is 1.60. The van der Waals surface area contributed by atoms with Gasteiger partial charge in [-0.05, 0) is 17.0 Å². The van der Waals surface area contributed by atoms with Crippen LogP contribution >= 0.6 is 11.3 Å². The summed E-state index contributed by atoms with van der Waals surface area (Å²) < 4.78 is 36.2. The molecule has 2 N–H and O–H groups in total. The van der Waals surface area contributed by atoms with Gasteiger partial charge < -0.3 is 10.4 Å². The first-order chi connectivity index (χ1) is 7.82. The van der Waals surface area contributed by atoms with Crippen LogP contribution in [-0.4, -0.2) is 29.1 Å². The summed E-state index contributed by atoms with van der Waals surface area (Å²) in [5.74, 6) is -2.84. The number of hydrogen-bond acceptors (Lipinski definition) is 4. The molecule has 0 spiro atoms. The summed E-state index contributed by atoms with van der Waals surface area (Å²) in [4.78, 5) is 22.4. The average Bonchev–Trinajstić information content (AvgIpc) is 2.76. The number of rotatable bonds is 1. The minimum atomic E-state index is -5.04. The quantitative estimate of drug-likeness (QED) is 0.796. The number of halogens is 3. The molecule has 17 heavy (non-hydrogen) atoms. The van der Waals surface area contributed by atoms with Crippen LogP contribution in [0, 0.1) is 0 Å². The van der Waals surface area contributed by atoms with Gasteiger partial charge >= 0.3 is 12.1 Å². The van der Waals surface area contributed by atoms with Gasteiger partial charge in [0.25, 0.3) is 0 Å². The first-order valence-electron chi connectivity index (χ1n) is 4.49. The second-order valence-corrected chi connectivity index (χ2v) is 4.38. The second-order valence-electron chi connectivity index (χ2n) is 3.46. The zero-order valence-electron chi connectivity index (χ0n) is 8.12. The van der Waals surface area contributed by atoms with Gasteiger partial charge in [0.05, 0.1) is 10.9 Å².